The standard InChI is InChI=1S/C26H38F2/c1-3-5-7-8-9-10-12-13-21-15-17-22(18-16-21)24-20-19-23(14-11-6-4-2)25(27)26(24)28/h3,5,17,19-21H,4,6-16,18H2,1-2H3. The Bertz CT molecular complexity index is 642. The molecule has 0 aliphatic heterocycles. The minimum Gasteiger partial charge on any atom is -0.203 e. The van der Waals surface area contributed by atoms with Crippen LogP contribution in [0.4, 0.5) is 8.78 Å². The van der Waals surface area contributed by atoms with E-state index in [9.17, 15) is 8.78 Å². The maximum Gasteiger partial charge on any atom is 0.166 e. The lowest BCUT2D eigenvalue weighted by Gasteiger charge is -2.22. The summed E-state index contributed by atoms with van der Waals surface area (Å²) in [7, 11) is 0. The molecule has 0 nitrogen and oxygen atoms in total. The van der Waals surface area contributed by atoms with Crippen LogP contribution in [-0.4, -0.2) is 0 Å². The first-order valence-corrected chi connectivity index (χ1v) is 11.4. The zero-order chi connectivity index (χ0) is 20.2. The highest BCUT2D eigenvalue weighted by atomic mass is 19.2. The Labute approximate surface area is 171 Å². The van der Waals surface area contributed by atoms with E-state index in [1.165, 1.54) is 38.5 Å². The van der Waals surface area contributed by atoms with Gasteiger partial charge in [-0.25, -0.2) is 8.78 Å². The van der Waals surface area contributed by atoms with Crippen molar-refractivity contribution in [1.29, 1.82) is 0 Å². The summed E-state index contributed by atoms with van der Waals surface area (Å²) in [5, 5.41) is 0. The highest BCUT2D eigenvalue weighted by Crippen LogP contribution is 2.35. The molecule has 0 amide bonds. The smallest absolute Gasteiger partial charge is 0.166 e. The van der Waals surface area contributed by atoms with Gasteiger partial charge in [0.2, 0.25) is 0 Å². The van der Waals surface area contributed by atoms with E-state index in [1.807, 2.05) is 0 Å². The van der Waals surface area contributed by atoms with Crippen LogP contribution in [0.5, 0.6) is 0 Å². The first kappa shape index (κ1) is 22.8. The van der Waals surface area contributed by atoms with Crippen LogP contribution in [0.2, 0.25) is 0 Å². The molecule has 0 saturated heterocycles. The third-order valence-electron chi connectivity index (χ3n) is 6.05. The lowest BCUT2D eigenvalue weighted by Crippen LogP contribution is -2.07. The summed E-state index contributed by atoms with van der Waals surface area (Å²) < 4.78 is 29.0. The van der Waals surface area contributed by atoms with E-state index in [4.69, 9.17) is 0 Å². The molecule has 0 fully saturated rings. The summed E-state index contributed by atoms with van der Waals surface area (Å²) in [6.45, 7) is 4.20. The van der Waals surface area contributed by atoms with Crippen molar-refractivity contribution >= 4 is 5.57 Å². The Morgan fingerprint density at radius 2 is 1.82 bits per heavy atom. The van der Waals surface area contributed by atoms with Crippen LogP contribution in [-0.2, 0) is 6.42 Å². The molecule has 1 aromatic rings. The van der Waals surface area contributed by atoms with Gasteiger partial charge in [-0.05, 0) is 68.9 Å². The fraction of sp³-hybridized carbons (Fsp3) is 0.615. The molecule has 156 valence electrons. The normalized spacial score (nSPS) is 17.3. The highest BCUT2D eigenvalue weighted by molar-refractivity contribution is 5.67. The van der Waals surface area contributed by atoms with Crippen LogP contribution < -0.4 is 0 Å². The number of unbranched alkanes of at least 4 members (excludes halogenated alkanes) is 6. The molecule has 1 unspecified atom stereocenters. The van der Waals surface area contributed by atoms with Gasteiger partial charge < -0.3 is 0 Å². The molecular weight excluding hydrogens is 350 g/mol. The number of hydrogen-bond acceptors (Lipinski definition) is 0. The van der Waals surface area contributed by atoms with E-state index in [-0.39, 0.29) is 0 Å². The van der Waals surface area contributed by atoms with Crippen molar-refractivity contribution in [2.24, 2.45) is 5.92 Å². The molecule has 1 atom stereocenters. The second-order valence-corrected chi connectivity index (χ2v) is 8.29. The van der Waals surface area contributed by atoms with Crippen molar-refractivity contribution in [3.05, 3.63) is 53.1 Å². The van der Waals surface area contributed by atoms with Crippen LogP contribution in [0.3, 0.4) is 0 Å². The van der Waals surface area contributed by atoms with E-state index in [1.54, 1.807) is 12.1 Å². The van der Waals surface area contributed by atoms with Crippen LogP contribution in [0, 0.1) is 17.6 Å². The van der Waals surface area contributed by atoms with Crippen molar-refractivity contribution in [1.82, 2.24) is 0 Å². The van der Waals surface area contributed by atoms with E-state index in [0.29, 0.717) is 23.5 Å². The van der Waals surface area contributed by atoms with E-state index < -0.39 is 11.6 Å². The van der Waals surface area contributed by atoms with Crippen molar-refractivity contribution in [3.8, 4) is 0 Å². The molecule has 1 aromatic carbocycles. The van der Waals surface area contributed by atoms with Crippen LogP contribution in [0.1, 0.15) is 102 Å². The molecule has 1 aliphatic rings. The maximum absolute atomic E-state index is 14.6. The molecule has 2 heteroatoms. The fourth-order valence-electron chi connectivity index (χ4n) is 4.21. The zero-order valence-electron chi connectivity index (χ0n) is 17.9. The van der Waals surface area contributed by atoms with E-state index in [2.05, 4.69) is 32.1 Å². The number of benzene rings is 1. The lowest BCUT2D eigenvalue weighted by molar-refractivity contribution is 0.423. The Balaban J connectivity index is 1.81. The zero-order valence-corrected chi connectivity index (χ0v) is 17.9. The molecule has 2 rings (SSSR count). The van der Waals surface area contributed by atoms with Crippen molar-refractivity contribution in [3.63, 3.8) is 0 Å². The second kappa shape index (κ2) is 12.9. The maximum atomic E-state index is 14.6. The first-order chi connectivity index (χ1) is 13.7. The van der Waals surface area contributed by atoms with E-state index in [0.717, 1.165) is 44.1 Å². The number of halogens is 2. The van der Waals surface area contributed by atoms with Gasteiger partial charge in [0.05, 0.1) is 0 Å². The lowest BCUT2D eigenvalue weighted by atomic mass is 9.83. The number of rotatable bonds is 12. The monoisotopic (exact) mass is 388 g/mol. The highest BCUT2D eigenvalue weighted by Gasteiger charge is 2.20. The van der Waals surface area contributed by atoms with Gasteiger partial charge in [0.15, 0.2) is 11.6 Å². The molecule has 0 spiro atoms. The quantitative estimate of drug-likeness (QED) is 0.248. The van der Waals surface area contributed by atoms with Gasteiger partial charge in [-0.2, -0.15) is 0 Å². The summed E-state index contributed by atoms with van der Waals surface area (Å²) in [4.78, 5) is 0. The molecule has 0 N–H and O–H groups in total. The Kier molecular flexibility index (Phi) is 10.5. The third-order valence-corrected chi connectivity index (χ3v) is 6.05. The Morgan fingerprint density at radius 3 is 2.54 bits per heavy atom. The predicted molar refractivity (Wildman–Crippen MR) is 117 cm³/mol. The predicted octanol–water partition coefficient (Wildman–Crippen LogP) is 8.80. The molecule has 28 heavy (non-hydrogen) atoms. The molecule has 0 bridgehead atoms. The van der Waals surface area contributed by atoms with Gasteiger partial charge in [0, 0.05) is 5.56 Å². The topological polar surface area (TPSA) is 0 Å². The van der Waals surface area contributed by atoms with Crippen LogP contribution in [0.15, 0.2) is 30.4 Å². The second-order valence-electron chi connectivity index (χ2n) is 8.29. The minimum absolute atomic E-state index is 0.485. The number of aryl methyl sites for hydroxylation is 1. The number of allylic oxidation sites excluding steroid dienone is 4. The van der Waals surface area contributed by atoms with Gasteiger partial charge in [0.25, 0.3) is 0 Å². The molecule has 1 aliphatic carbocycles. The Morgan fingerprint density at radius 1 is 1.00 bits per heavy atom. The molecule has 0 saturated carbocycles. The van der Waals surface area contributed by atoms with Gasteiger partial charge in [-0.15, -0.1) is 0 Å². The number of hydrogen-bond donors (Lipinski definition) is 0. The fourth-order valence-corrected chi connectivity index (χ4v) is 4.21. The largest absolute Gasteiger partial charge is 0.203 e. The summed E-state index contributed by atoms with van der Waals surface area (Å²) in [5.74, 6) is -0.560. The minimum atomic E-state index is -0.639. The van der Waals surface area contributed by atoms with E-state index >= 15 is 0 Å². The molecule has 0 aromatic heterocycles. The molecule has 0 radical (unpaired) electrons. The van der Waals surface area contributed by atoms with Crippen LogP contribution >= 0.6 is 0 Å². The summed E-state index contributed by atoms with van der Waals surface area (Å²) in [6.07, 6.45) is 20.9. The molecular formula is C26H38F2. The summed E-state index contributed by atoms with van der Waals surface area (Å²) in [5.41, 5.74) is 2.01. The summed E-state index contributed by atoms with van der Waals surface area (Å²) in [6, 6.07) is 3.60. The van der Waals surface area contributed by atoms with Gasteiger partial charge in [0.1, 0.15) is 0 Å². The molecule has 0 heterocycles. The van der Waals surface area contributed by atoms with Crippen molar-refractivity contribution < 1.29 is 8.78 Å². The van der Waals surface area contributed by atoms with Crippen LogP contribution in [0.25, 0.3) is 5.57 Å². The SMILES string of the molecule is CC=CCCCCCCC1CC=C(c2ccc(CCCCC)c(F)c2F)CC1. The van der Waals surface area contributed by atoms with Gasteiger partial charge >= 0.3 is 0 Å². The van der Waals surface area contributed by atoms with Gasteiger partial charge in [-0.3, -0.25) is 0 Å². The summed E-state index contributed by atoms with van der Waals surface area (Å²) >= 11 is 0. The van der Waals surface area contributed by atoms with Crippen molar-refractivity contribution in [2.75, 3.05) is 0 Å². The average Bonchev–Trinajstić information content (AvgIpc) is 2.71. The van der Waals surface area contributed by atoms with Gasteiger partial charge in [-0.1, -0.05) is 75.8 Å². The average molecular weight is 389 g/mol. The first-order valence-electron chi connectivity index (χ1n) is 11.4. The van der Waals surface area contributed by atoms with Crippen molar-refractivity contribution in [2.45, 2.75) is 97.3 Å². The third kappa shape index (κ3) is 7.18. The Hall–Kier alpha value is -1.44.